The van der Waals surface area contributed by atoms with Crippen LogP contribution in [0, 0.1) is 0 Å². The second kappa shape index (κ2) is 5.60. The number of rotatable bonds is 4. The molecule has 1 aliphatic carbocycles. The molecule has 0 aromatic carbocycles. The number of hydrogen-bond acceptors (Lipinski definition) is 6. The summed E-state index contributed by atoms with van der Waals surface area (Å²) in [5, 5.41) is 13.8. The monoisotopic (exact) mass is 306 g/mol. The van der Waals surface area contributed by atoms with Gasteiger partial charge in [0.2, 0.25) is 5.91 Å². The van der Waals surface area contributed by atoms with Crippen LogP contribution in [0.15, 0.2) is 6.33 Å². The van der Waals surface area contributed by atoms with E-state index in [1.165, 1.54) is 22.3 Å². The summed E-state index contributed by atoms with van der Waals surface area (Å²) in [6.45, 7) is -0.00618. The Labute approximate surface area is 124 Å². The Morgan fingerprint density at radius 3 is 2.90 bits per heavy atom. The molecule has 2 heterocycles. The van der Waals surface area contributed by atoms with Gasteiger partial charge in [0.1, 0.15) is 17.9 Å². The normalized spacial score (nSPS) is 13.7. The van der Waals surface area contributed by atoms with Crippen LogP contribution in [0.2, 0.25) is 0 Å². The van der Waals surface area contributed by atoms with Crippen molar-refractivity contribution in [2.24, 2.45) is 5.73 Å². The van der Waals surface area contributed by atoms with Gasteiger partial charge < -0.3 is 11.1 Å². The maximum Gasteiger partial charge on any atom is 0.251 e. The maximum atomic E-state index is 12.0. The third-order valence-corrected chi connectivity index (χ3v) is 4.57. The predicted molar refractivity (Wildman–Crippen MR) is 75.9 cm³/mol. The van der Waals surface area contributed by atoms with Crippen LogP contribution in [-0.4, -0.2) is 32.0 Å². The number of carbonyl (C=O) groups is 2. The molecule has 9 heteroatoms. The summed E-state index contributed by atoms with van der Waals surface area (Å²) in [5.74, 6) is -0.782. The molecule has 0 bridgehead atoms. The van der Waals surface area contributed by atoms with E-state index in [4.69, 9.17) is 5.73 Å². The number of aromatic nitrogens is 4. The second-order valence-electron chi connectivity index (χ2n) is 4.83. The van der Waals surface area contributed by atoms with Crippen molar-refractivity contribution >= 4 is 28.2 Å². The van der Waals surface area contributed by atoms with E-state index in [9.17, 15) is 9.59 Å². The van der Waals surface area contributed by atoms with Gasteiger partial charge in [-0.3, -0.25) is 9.59 Å². The van der Waals surface area contributed by atoms with Crippen LogP contribution in [0.25, 0.3) is 0 Å². The number of nitrogens with two attached hydrogens (primary N) is 1. The van der Waals surface area contributed by atoms with Gasteiger partial charge in [0.05, 0.1) is 5.56 Å². The standard InChI is InChI=1S/C12H14N6O2S/c13-11(20)10-7-3-1-2-4-8(7)21-12(10)15-9(19)5-18-6-14-16-17-18/h6H,1-5H2,(H2,13,20)(H,15,19). The quantitative estimate of drug-likeness (QED) is 0.845. The molecule has 21 heavy (non-hydrogen) atoms. The third-order valence-electron chi connectivity index (χ3n) is 3.37. The largest absolute Gasteiger partial charge is 0.365 e. The van der Waals surface area contributed by atoms with Crippen molar-refractivity contribution < 1.29 is 9.59 Å². The van der Waals surface area contributed by atoms with Crippen LogP contribution in [0.1, 0.15) is 33.6 Å². The van der Waals surface area contributed by atoms with Crippen LogP contribution >= 0.6 is 11.3 Å². The number of nitrogens with zero attached hydrogens (tertiary/aromatic N) is 4. The zero-order valence-electron chi connectivity index (χ0n) is 11.2. The number of nitrogens with one attached hydrogen (secondary N) is 1. The molecule has 2 amide bonds. The lowest BCUT2D eigenvalue weighted by molar-refractivity contribution is -0.116. The highest BCUT2D eigenvalue weighted by molar-refractivity contribution is 7.17. The number of amides is 2. The lowest BCUT2D eigenvalue weighted by atomic mass is 9.95. The van der Waals surface area contributed by atoms with Gasteiger partial charge in [-0.1, -0.05) is 0 Å². The maximum absolute atomic E-state index is 12.0. The van der Waals surface area contributed by atoms with Crippen molar-refractivity contribution in [3.8, 4) is 0 Å². The minimum Gasteiger partial charge on any atom is -0.365 e. The van der Waals surface area contributed by atoms with E-state index >= 15 is 0 Å². The molecule has 0 atom stereocenters. The number of hydrogen-bond donors (Lipinski definition) is 2. The van der Waals surface area contributed by atoms with Crippen LogP contribution in [0.3, 0.4) is 0 Å². The Hall–Kier alpha value is -2.29. The van der Waals surface area contributed by atoms with Crippen molar-refractivity contribution in [2.75, 3.05) is 5.32 Å². The van der Waals surface area contributed by atoms with E-state index < -0.39 is 5.91 Å². The Bertz CT molecular complexity index is 678. The minimum atomic E-state index is -0.493. The van der Waals surface area contributed by atoms with E-state index in [1.807, 2.05) is 0 Å². The lowest BCUT2D eigenvalue weighted by Gasteiger charge is -2.11. The summed E-state index contributed by atoms with van der Waals surface area (Å²) in [6.07, 6.45) is 5.27. The molecule has 0 unspecified atom stereocenters. The number of aryl methyl sites for hydroxylation is 1. The first-order valence-corrected chi connectivity index (χ1v) is 7.41. The van der Waals surface area contributed by atoms with Gasteiger partial charge in [-0.05, 0) is 41.7 Å². The van der Waals surface area contributed by atoms with E-state index in [-0.39, 0.29) is 12.5 Å². The lowest BCUT2D eigenvalue weighted by Crippen LogP contribution is -2.21. The number of anilines is 1. The van der Waals surface area contributed by atoms with Gasteiger partial charge in [0.25, 0.3) is 5.91 Å². The Morgan fingerprint density at radius 1 is 1.38 bits per heavy atom. The summed E-state index contributed by atoms with van der Waals surface area (Å²) in [6, 6.07) is 0. The number of tetrazole rings is 1. The van der Waals surface area contributed by atoms with Gasteiger partial charge >= 0.3 is 0 Å². The summed E-state index contributed by atoms with van der Waals surface area (Å²) < 4.78 is 1.31. The predicted octanol–water partition coefficient (Wildman–Crippen LogP) is 0.351. The number of thiophene rings is 1. The van der Waals surface area contributed by atoms with E-state index in [0.717, 1.165) is 36.1 Å². The van der Waals surface area contributed by atoms with Crippen LogP contribution in [0.4, 0.5) is 5.00 Å². The third kappa shape index (κ3) is 2.77. The Kier molecular flexibility index (Phi) is 3.65. The number of carbonyl (C=O) groups excluding carboxylic acids is 2. The summed E-state index contributed by atoms with van der Waals surface area (Å²) >= 11 is 1.44. The average Bonchev–Trinajstić information content (AvgIpc) is 3.04. The minimum absolute atomic E-state index is 0.00618. The zero-order chi connectivity index (χ0) is 14.8. The van der Waals surface area contributed by atoms with Crippen molar-refractivity contribution in [2.45, 2.75) is 32.2 Å². The fourth-order valence-electron chi connectivity index (χ4n) is 2.48. The first-order chi connectivity index (χ1) is 10.1. The molecule has 2 aromatic heterocycles. The van der Waals surface area contributed by atoms with Crippen LogP contribution in [0.5, 0.6) is 0 Å². The fraction of sp³-hybridized carbons (Fsp3) is 0.417. The van der Waals surface area contributed by atoms with Gasteiger partial charge in [-0.15, -0.1) is 16.4 Å². The molecule has 0 saturated heterocycles. The molecule has 8 nitrogen and oxygen atoms in total. The zero-order valence-corrected chi connectivity index (χ0v) is 12.0. The highest BCUT2D eigenvalue weighted by Crippen LogP contribution is 2.37. The molecule has 110 valence electrons. The second-order valence-corrected chi connectivity index (χ2v) is 5.94. The van der Waals surface area contributed by atoms with Crippen molar-refractivity contribution in [1.29, 1.82) is 0 Å². The van der Waals surface area contributed by atoms with Crippen molar-refractivity contribution in [1.82, 2.24) is 20.2 Å². The molecule has 2 aromatic rings. The van der Waals surface area contributed by atoms with Gasteiger partial charge in [-0.25, -0.2) is 4.68 Å². The first-order valence-electron chi connectivity index (χ1n) is 6.60. The molecular weight excluding hydrogens is 292 g/mol. The highest BCUT2D eigenvalue weighted by Gasteiger charge is 2.24. The molecule has 0 aliphatic heterocycles. The van der Waals surface area contributed by atoms with Gasteiger partial charge in [0, 0.05) is 4.88 Å². The summed E-state index contributed by atoms with van der Waals surface area (Å²) in [4.78, 5) is 24.8. The summed E-state index contributed by atoms with van der Waals surface area (Å²) in [7, 11) is 0. The molecule has 1 aliphatic rings. The smallest absolute Gasteiger partial charge is 0.251 e. The Balaban J connectivity index is 1.83. The average molecular weight is 306 g/mol. The van der Waals surface area contributed by atoms with Crippen LogP contribution in [-0.2, 0) is 24.2 Å². The molecule has 0 spiro atoms. The molecule has 0 radical (unpaired) electrons. The Morgan fingerprint density at radius 2 is 2.19 bits per heavy atom. The number of primary amides is 1. The molecule has 0 fully saturated rings. The van der Waals surface area contributed by atoms with Crippen molar-refractivity contribution in [3.63, 3.8) is 0 Å². The van der Waals surface area contributed by atoms with Crippen LogP contribution < -0.4 is 11.1 Å². The molecule has 3 N–H and O–H groups in total. The molecular formula is C12H14N6O2S. The molecule has 3 rings (SSSR count). The topological polar surface area (TPSA) is 116 Å². The van der Waals surface area contributed by atoms with Gasteiger partial charge in [-0.2, -0.15) is 0 Å². The van der Waals surface area contributed by atoms with E-state index in [2.05, 4.69) is 20.8 Å². The van der Waals surface area contributed by atoms with E-state index in [1.54, 1.807) is 0 Å². The van der Waals surface area contributed by atoms with Crippen molar-refractivity contribution in [3.05, 3.63) is 22.3 Å². The number of fused-ring (bicyclic) bond motifs is 1. The van der Waals surface area contributed by atoms with Gasteiger partial charge in [0.15, 0.2) is 0 Å². The molecule has 0 saturated carbocycles. The fourth-order valence-corrected chi connectivity index (χ4v) is 3.79. The van der Waals surface area contributed by atoms with E-state index in [0.29, 0.717) is 10.6 Å². The highest BCUT2D eigenvalue weighted by atomic mass is 32.1. The summed E-state index contributed by atoms with van der Waals surface area (Å²) in [5.41, 5.74) is 6.93. The SMILES string of the molecule is NC(=O)c1c(NC(=O)Cn2cnnn2)sc2c1CCCC2. The first kappa shape index (κ1) is 13.7.